The van der Waals surface area contributed by atoms with Gasteiger partial charge in [-0.1, -0.05) is 0 Å². The number of hydrogen-bond acceptors (Lipinski definition) is 3. The van der Waals surface area contributed by atoms with Gasteiger partial charge in [-0.05, 0) is 26.0 Å². The Kier molecular flexibility index (Phi) is 3.88. The van der Waals surface area contributed by atoms with Gasteiger partial charge < -0.3 is 0 Å². The van der Waals surface area contributed by atoms with Gasteiger partial charge in [-0.3, -0.25) is 9.63 Å². The SMILES string of the molecule is CC(C)ONC(=O)C1CCSC1. The quantitative estimate of drug-likeness (QED) is 0.678. The van der Waals surface area contributed by atoms with Crippen LogP contribution in [0.15, 0.2) is 0 Å². The van der Waals surface area contributed by atoms with E-state index >= 15 is 0 Å². The van der Waals surface area contributed by atoms with Gasteiger partial charge in [0.2, 0.25) is 5.91 Å². The highest BCUT2D eigenvalue weighted by molar-refractivity contribution is 7.99. The van der Waals surface area contributed by atoms with Crippen LogP contribution >= 0.6 is 11.8 Å². The van der Waals surface area contributed by atoms with Crippen LogP contribution in [0.25, 0.3) is 0 Å². The van der Waals surface area contributed by atoms with Crippen LogP contribution in [0.2, 0.25) is 0 Å². The van der Waals surface area contributed by atoms with E-state index in [0.29, 0.717) is 0 Å². The van der Waals surface area contributed by atoms with Crippen molar-refractivity contribution in [1.82, 2.24) is 5.48 Å². The van der Waals surface area contributed by atoms with Gasteiger partial charge in [-0.2, -0.15) is 11.8 Å². The molecular weight excluding hydrogens is 174 g/mol. The molecule has 1 unspecified atom stereocenters. The van der Waals surface area contributed by atoms with E-state index in [1.54, 1.807) is 0 Å². The van der Waals surface area contributed by atoms with E-state index < -0.39 is 0 Å². The topological polar surface area (TPSA) is 38.3 Å². The molecule has 0 saturated carbocycles. The van der Waals surface area contributed by atoms with Crippen LogP contribution in [0.4, 0.5) is 0 Å². The van der Waals surface area contributed by atoms with Crippen molar-refractivity contribution in [3.05, 3.63) is 0 Å². The molecule has 0 aromatic heterocycles. The van der Waals surface area contributed by atoms with E-state index in [1.807, 2.05) is 25.6 Å². The molecule has 12 heavy (non-hydrogen) atoms. The average Bonchev–Trinajstić information content (AvgIpc) is 2.51. The summed E-state index contributed by atoms with van der Waals surface area (Å²) in [5.74, 6) is 2.23. The summed E-state index contributed by atoms with van der Waals surface area (Å²) in [6.45, 7) is 3.79. The number of nitrogens with one attached hydrogen (secondary N) is 1. The number of amides is 1. The van der Waals surface area contributed by atoms with E-state index in [4.69, 9.17) is 4.84 Å². The molecule has 1 atom stereocenters. The van der Waals surface area contributed by atoms with Crippen molar-refractivity contribution < 1.29 is 9.63 Å². The molecule has 1 N–H and O–H groups in total. The van der Waals surface area contributed by atoms with Crippen molar-refractivity contribution in [3.63, 3.8) is 0 Å². The van der Waals surface area contributed by atoms with Crippen molar-refractivity contribution >= 4 is 17.7 Å². The number of rotatable bonds is 3. The predicted molar refractivity (Wildman–Crippen MR) is 49.8 cm³/mol. The molecule has 0 bridgehead atoms. The maximum atomic E-state index is 11.3. The zero-order chi connectivity index (χ0) is 8.97. The molecule has 1 rings (SSSR count). The third-order valence-corrected chi connectivity index (χ3v) is 2.86. The first-order valence-electron chi connectivity index (χ1n) is 4.23. The summed E-state index contributed by atoms with van der Waals surface area (Å²) in [6.07, 6.45) is 1.04. The minimum absolute atomic E-state index is 0.0358. The standard InChI is InChI=1S/C8H15NO2S/c1-6(2)11-9-8(10)7-3-4-12-5-7/h6-7H,3-5H2,1-2H3,(H,9,10). The molecule has 3 nitrogen and oxygen atoms in total. The summed E-state index contributed by atoms with van der Waals surface area (Å²) in [5, 5.41) is 0. The smallest absolute Gasteiger partial charge is 0.247 e. The molecule has 0 spiro atoms. The molecular formula is C8H15NO2S. The van der Waals surface area contributed by atoms with Gasteiger partial charge in [0.1, 0.15) is 0 Å². The third kappa shape index (κ3) is 3.03. The Balaban J connectivity index is 2.18. The summed E-state index contributed by atoms with van der Waals surface area (Å²) in [4.78, 5) is 16.3. The van der Waals surface area contributed by atoms with Gasteiger partial charge >= 0.3 is 0 Å². The Morgan fingerprint density at radius 1 is 1.67 bits per heavy atom. The number of hydrogen-bond donors (Lipinski definition) is 1. The van der Waals surface area contributed by atoms with Crippen LogP contribution in [-0.2, 0) is 9.63 Å². The highest BCUT2D eigenvalue weighted by Crippen LogP contribution is 2.23. The molecule has 1 saturated heterocycles. The van der Waals surface area contributed by atoms with Crippen molar-refractivity contribution in [1.29, 1.82) is 0 Å². The molecule has 1 fully saturated rings. The van der Waals surface area contributed by atoms with Gasteiger partial charge in [-0.15, -0.1) is 0 Å². The maximum absolute atomic E-state index is 11.3. The summed E-state index contributed by atoms with van der Waals surface area (Å²) in [7, 11) is 0. The Bertz CT molecular complexity index is 155. The fourth-order valence-electron chi connectivity index (χ4n) is 1.00. The lowest BCUT2D eigenvalue weighted by atomic mass is 10.1. The van der Waals surface area contributed by atoms with Gasteiger partial charge in [0.25, 0.3) is 0 Å². The second-order valence-corrected chi connectivity index (χ2v) is 4.34. The highest BCUT2D eigenvalue weighted by atomic mass is 32.2. The van der Waals surface area contributed by atoms with Crippen molar-refractivity contribution in [2.45, 2.75) is 26.4 Å². The number of hydroxylamine groups is 1. The molecule has 4 heteroatoms. The zero-order valence-corrected chi connectivity index (χ0v) is 8.32. The van der Waals surface area contributed by atoms with Crippen LogP contribution in [0.5, 0.6) is 0 Å². The van der Waals surface area contributed by atoms with E-state index in [-0.39, 0.29) is 17.9 Å². The minimum atomic E-state index is 0.0358. The summed E-state index contributed by atoms with van der Waals surface area (Å²) in [5.41, 5.74) is 2.47. The minimum Gasteiger partial charge on any atom is -0.272 e. The molecule has 0 radical (unpaired) electrons. The lowest BCUT2D eigenvalue weighted by Crippen LogP contribution is -2.32. The molecule has 1 aliphatic rings. The third-order valence-electron chi connectivity index (χ3n) is 1.70. The Labute approximate surface area is 77.2 Å². The van der Waals surface area contributed by atoms with Gasteiger partial charge in [-0.25, -0.2) is 5.48 Å². The van der Waals surface area contributed by atoms with Crippen molar-refractivity contribution in [2.75, 3.05) is 11.5 Å². The fraction of sp³-hybridized carbons (Fsp3) is 0.875. The monoisotopic (exact) mass is 189 g/mol. The second-order valence-electron chi connectivity index (χ2n) is 3.19. The molecule has 70 valence electrons. The van der Waals surface area contributed by atoms with E-state index in [9.17, 15) is 4.79 Å². The Morgan fingerprint density at radius 3 is 2.92 bits per heavy atom. The number of thioether (sulfide) groups is 1. The zero-order valence-electron chi connectivity index (χ0n) is 7.50. The predicted octanol–water partition coefficient (Wildman–Crippen LogP) is 1.20. The van der Waals surface area contributed by atoms with Gasteiger partial charge in [0.05, 0.1) is 6.10 Å². The van der Waals surface area contributed by atoms with Crippen LogP contribution in [0.3, 0.4) is 0 Å². The van der Waals surface area contributed by atoms with Gasteiger partial charge in [0, 0.05) is 11.7 Å². The molecule has 1 amide bonds. The largest absolute Gasteiger partial charge is 0.272 e. The van der Waals surface area contributed by atoms with Crippen LogP contribution < -0.4 is 5.48 Å². The fourth-order valence-corrected chi connectivity index (χ4v) is 2.22. The summed E-state index contributed by atoms with van der Waals surface area (Å²) in [6, 6.07) is 0. The van der Waals surface area contributed by atoms with Crippen molar-refractivity contribution in [3.8, 4) is 0 Å². The van der Waals surface area contributed by atoms with E-state index in [2.05, 4.69) is 5.48 Å². The summed E-state index contributed by atoms with van der Waals surface area (Å²) >= 11 is 1.83. The second kappa shape index (κ2) is 4.72. The molecule has 0 aromatic rings. The van der Waals surface area contributed by atoms with Crippen molar-refractivity contribution in [2.24, 2.45) is 5.92 Å². The number of carbonyl (C=O) groups is 1. The first kappa shape index (κ1) is 9.86. The Hall–Kier alpha value is -0.220. The van der Waals surface area contributed by atoms with E-state index in [0.717, 1.165) is 17.9 Å². The van der Waals surface area contributed by atoms with Crippen LogP contribution in [0.1, 0.15) is 20.3 Å². The molecule has 0 aliphatic carbocycles. The van der Waals surface area contributed by atoms with Gasteiger partial charge in [0.15, 0.2) is 0 Å². The lowest BCUT2D eigenvalue weighted by Gasteiger charge is -2.11. The summed E-state index contributed by atoms with van der Waals surface area (Å²) < 4.78 is 0. The van der Waals surface area contributed by atoms with Crippen LogP contribution in [0, 0.1) is 5.92 Å². The maximum Gasteiger partial charge on any atom is 0.247 e. The molecule has 0 aromatic carbocycles. The lowest BCUT2D eigenvalue weighted by molar-refractivity contribution is -0.140. The molecule has 1 aliphatic heterocycles. The van der Waals surface area contributed by atoms with E-state index in [1.165, 1.54) is 0 Å². The average molecular weight is 189 g/mol. The highest BCUT2D eigenvalue weighted by Gasteiger charge is 2.23. The first-order valence-corrected chi connectivity index (χ1v) is 5.39. The first-order chi connectivity index (χ1) is 5.70. The molecule has 1 heterocycles. The Morgan fingerprint density at radius 2 is 2.42 bits per heavy atom. The van der Waals surface area contributed by atoms with Crippen LogP contribution in [-0.4, -0.2) is 23.5 Å². The number of carbonyl (C=O) groups excluding carboxylic acids is 1. The normalized spacial score (nSPS) is 23.1.